The van der Waals surface area contributed by atoms with E-state index in [0.717, 1.165) is 18.7 Å². The van der Waals surface area contributed by atoms with Gasteiger partial charge in [0.25, 0.3) is 5.56 Å². The third kappa shape index (κ3) is 6.72. The van der Waals surface area contributed by atoms with Gasteiger partial charge in [-0.05, 0) is 28.8 Å². The van der Waals surface area contributed by atoms with E-state index in [-0.39, 0.29) is 23.9 Å². The van der Waals surface area contributed by atoms with Crippen molar-refractivity contribution in [2.24, 2.45) is 0 Å². The summed E-state index contributed by atoms with van der Waals surface area (Å²) in [6.07, 6.45) is 0.107. The summed E-state index contributed by atoms with van der Waals surface area (Å²) in [5.74, 6) is 0.608. The van der Waals surface area contributed by atoms with Crippen molar-refractivity contribution in [3.8, 4) is 0 Å². The van der Waals surface area contributed by atoms with E-state index in [1.807, 2.05) is 41.3 Å². The van der Waals surface area contributed by atoms with Crippen molar-refractivity contribution < 1.29 is 4.79 Å². The highest BCUT2D eigenvalue weighted by atomic mass is 35.5. The summed E-state index contributed by atoms with van der Waals surface area (Å²) in [6, 6.07) is 30.1. The Kier molecular flexibility index (Phi) is 8.58. The van der Waals surface area contributed by atoms with Crippen LogP contribution in [0.2, 0.25) is 5.02 Å². The van der Waals surface area contributed by atoms with Crippen LogP contribution in [0.5, 0.6) is 0 Å². The number of thioether (sulfide) groups is 1. The third-order valence-corrected chi connectivity index (χ3v) is 7.81. The Balaban J connectivity index is 1.22. The molecule has 0 aliphatic carbocycles. The molecular formula is C30H29ClN4O2S. The van der Waals surface area contributed by atoms with Gasteiger partial charge in [-0.3, -0.25) is 14.5 Å². The van der Waals surface area contributed by atoms with Gasteiger partial charge >= 0.3 is 0 Å². The van der Waals surface area contributed by atoms with Crippen molar-refractivity contribution >= 4 is 29.3 Å². The van der Waals surface area contributed by atoms with Crippen molar-refractivity contribution in [1.82, 2.24) is 19.8 Å². The van der Waals surface area contributed by atoms with E-state index in [0.29, 0.717) is 34.7 Å². The molecule has 2 heterocycles. The van der Waals surface area contributed by atoms with Gasteiger partial charge in [-0.25, -0.2) is 4.98 Å². The van der Waals surface area contributed by atoms with Crippen molar-refractivity contribution in [1.29, 1.82) is 0 Å². The van der Waals surface area contributed by atoms with Crippen LogP contribution in [0.15, 0.2) is 101 Å². The normalized spacial score (nSPS) is 14.1. The minimum atomic E-state index is -0.255. The lowest BCUT2D eigenvalue weighted by Gasteiger charge is -2.39. The fourth-order valence-corrected chi connectivity index (χ4v) is 5.85. The average molecular weight is 545 g/mol. The predicted octanol–water partition coefficient (Wildman–Crippen LogP) is 5.19. The molecule has 0 radical (unpaired) electrons. The first kappa shape index (κ1) is 26.2. The average Bonchev–Trinajstić information content (AvgIpc) is 2.93. The highest BCUT2D eigenvalue weighted by Gasteiger charge is 2.28. The number of H-pyrrole nitrogens is 1. The minimum absolute atomic E-state index is 0.00971. The van der Waals surface area contributed by atoms with Gasteiger partial charge < -0.3 is 9.88 Å². The molecule has 3 aromatic carbocycles. The molecule has 1 fully saturated rings. The standard InChI is InChI=1S/C30H29ClN4O2S/c31-25-13-7-8-22(18-25)21-38-30-32-26(19-27(36)33-30)20-28(37)34-14-16-35(17-15-34)29(23-9-3-1-4-10-23)24-11-5-2-6-12-24/h1-13,18-19,29H,14-17,20-21H2,(H,32,33,36). The SMILES string of the molecule is O=C(Cc1cc(=O)[nH]c(SCc2cccc(Cl)c2)n1)N1CCN(C(c2ccccc2)c2ccccc2)CC1. The number of carbonyl (C=O) groups excluding carboxylic acids is 1. The predicted molar refractivity (Wildman–Crippen MR) is 152 cm³/mol. The van der Waals surface area contributed by atoms with Crippen molar-refractivity contribution in [3.63, 3.8) is 0 Å². The number of piperazine rings is 1. The monoisotopic (exact) mass is 544 g/mol. The smallest absolute Gasteiger partial charge is 0.251 e. The van der Waals surface area contributed by atoms with Crippen LogP contribution in [0, 0.1) is 0 Å². The fraction of sp³-hybridized carbons (Fsp3) is 0.233. The number of aromatic amines is 1. The molecule has 6 nitrogen and oxygen atoms in total. The maximum absolute atomic E-state index is 13.2. The van der Waals surface area contributed by atoms with Crippen LogP contribution in [0.1, 0.15) is 28.4 Å². The van der Waals surface area contributed by atoms with Crippen LogP contribution in [0.25, 0.3) is 0 Å². The van der Waals surface area contributed by atoms with Gasteiger partial charge in [-0.15, -0.1) is 0 Å². The van der Waals surface area contributed by atoms with Crippen LogP contribution in [0.4, 0.5) is 0 Å². The van der Waals surface area contributed by atoms with Gasteiger partial charge in [0.15, 0.2) is 5.16 Å². The van der Waals surface area contributed by atoms with Gasteiger partial charge in [-0.1, -0.05) is 96.2 Å². The first-order valence-electron chi connectivity index (χ1n) is 12.6. The number of hydrogen-bond donors (Lipinski definition) is 1. The van der Waals surface area contributed by atoms with Crippen molar-refractivity contribution in [3.05, 3.63) is 129 Å². The summed E-state index contributed by atoms with van der Waals surface area (Å²) < 4.78 is 0. The first-order chi connectivity index (χ1) is 18.5. The first-order valence-corrected chi connectivity index (χ1v) is 14.0. The second-order valence-corrected chi connectivity index (χ2v) is 10.7. The second-order valence-electron chi connectivity index (χ2n) is 9.28. The zero-order valence-corrected chi connectivity index (χ0v) is 22.5. The van der Waals surface area contributed by atoms with Crippen molar-refractivity contribution in [2.45, 2.75) is 23.4 Å². The number of nitrogens with one attached hydrogen (secondary N) is 1. The lowest BCUT2D eigenvalue weighted by atomic mass is 9.96. The molecule has 38 heavy (non-hydrogen) atoms. The molecule has 1 amide bonds. The maximum atomic E-state index is 13.2. The van der Waals surface area contributed by atoms with E-state index < -0.39 is 0 Å². The molecule has 1 aliphatic heterocycles. The number of nitrogens with zero attached hydrogens (tertiary/aromatic N) is 3. The molecule has 0 bridgehead atoms. The van der Waals surface area contributed by atoms with Gasteiger partial charge in [0, 0.05) is 43.0 Å². The van der Waals surface area contributed by atoms with E-state index in [2.05, 4.69) is 63.4 Å². The summed E-state index contributed by atoms with van der Waals surface area (Å²) in [5, 5.41) is 1.17. The molecule has 1 aliphatic rings. The molecule has 0 unspecified atom stereocenters. The Bertz CT molecular complexity index is 1380. The Morgan fingerprint density at radius 3 is 2.18 bits per heavy atom. The van der Waals surface area contributed by atoms with Crippen LogP contribution in [-0.4, -0.2) is 51.9 Å². The molecule has 194 valence electrons. The minimum Gasteiger partial charge on any atom is -0.340 e. The van der Waals surface area contributed by atoms with E-state index in [1.54, 1.807) is 0 Å². The molecule has 5 rings (SSSR count). The topological polar surface area (TPSA) is 69.3 Å². The lowest BCUT2D eigenvalue weighted by Crippen LogP contribution is -2.50. The summed E-state index contributed by atoms with van der Waals surface area (Å²) in [7, 11) is 0. The largest absolute Gasteiger partial charge is 0.340 e. The maximum Gasteiger partial charge on any atom is 0.251 e. The second kappa shape index (κ2) is 12.4. The number of amides is 1. The zero-order valence-electron chi connectivity index (χ0n) is 20.9. The van der Waals surface area contributed by atoms with Gasteiger partial charge in [0.05, 0.1) is 18.2 Å². The number of carbonyl (C=O) groups is 1. The van der Waals surface area contributed by atoms with Crippen LogP contribution < -0.4 is 5.56 Å². The number of rotatable bonds is 8. The fourth-order valence-electron chi connectivity index (χ4n) is 4.80. The Morgan fingerprint density at radius 1 is 0.895 bits per heavy atom. The zero-order chi connectivity index (χ0) is 26.3. The highest BCUT2D eigenvalue weighted by Crippen LogP contribution is 2.29. The number of aromatic nitrogens is 2. The number of halogens is 1. The Labute approximate surface area is 231 Å². The molecule has 0 atom stereocenters. The molecule has 1 N–H and O–H groups in total. The van der Waals surface area contributed by atoms with Gasteiger partial charge in [0.1, 0.15) is 0 Å². The van der Waals surface area contributed by atoms with Gasteiger partial charge in [0.2, 0.25) is 5.91 Å². The van der Waals surface area contributed by atoms with Gasteiger partial charge in [-0.2, -0.15) is 0 Å². The van der Waals surface area contributed by atoms with Crippen LogP contribution in [-0.2, 0) is 17.0 Å². The summed E-state index contributed by atoms with van der Waals surface area (Å²) in [6.45, 7) is 2.80. The van der Waals surface area contributed by atoms with E-state index >= 15 is 0 Å². The lowest BCUT2D eigenvalue weighted by molar-refractivity contribution is -0.132. The molecule has 1 aromatic heterocycles. The molecule has 0 spiro atoms. The van der Waals surface area contributed by atoms with Crippen molar-refractivity contribution in [2.75, 3.05) is 26.2 Å². The summed E-state index contributed by atoms with van der Waals surface area (Å²) in [5.41, 5.74) is 3.76. The number of benzene rings is 3. The molecular weight excluding hydrogens is 516 g/mol. The van der Waals surface area contributed by atoms with Crippen LogP contribution in [0.3, 0.4) is 0 Å². The molecule has 0 saturated carbocycles. The number of hydrogen-bond acceptors (Lipinski definition) is 5. The van der Waals surface area contributed by atoms with Crippen LogP contribution >= 0.6 is 23.4 Å². The molecule has 4 aromatic rings. The molecule has 8 heteroatoms. The third-order valence-electron chi connectivity index (χ3n) is 6.63. The van der Waals surface area contributed by atoms with E-state index in [1.165, 1.54) is 29.0 Å². The highest BCUT2D eigenvalue weighted by molar-refractivity contribution is 7.98. The summed E-state index contributed by atoms with van der Waals surface area (Å²) >= 11 is 7.48. The summed E-state index contributed by atoms with van der Waals surface area (Å²) in [4.78, 5) is 37.0. The Morgan fingerprint density at radius 2 is 1.55 bits per heavy atom. The van der Waals surface area contributed by atoms with E-state index in [4.69, 9.17) is 11.6 Å². The Hall–Kier alpha value is -3.39. The quantitative estimate of drug-likeness (QED) is 0.244. The molecule has 1 saturated heterocycles. The van der Waals surface area contributed by atoms with E-state index in [9.17, 15) is 9.59 Å².